The molecule has 0 saturated carbocycles. The molecule has 0 N–H and O–H groups in total. The zero-order valence-corrected chi connectivity index (χ0v) is 10.2. The molecular formula is C14H15ClO. The van der Waals surface area contributed by atoms with E-state index in [2.05, 4.69) is 38.1 Å². The molecule has 1 unspecified atom stereocenters. The quantitative estimate of drug-likeness (QED) is 0.700. The van der Waals surface area contributed by atoms with Gasteiger partial charge in [-0.25, -0.2) is 0 Å². The lowest BCUT2D eigenvalue weighted by Crippen LogP contribution is -1.93. The molecule has 2 rings (SSSR count). The molecular weight excluding hydrogens is 220 g/mol. The zero-order chi connectivity index (χ0) is 11.5. The van der Waals surface area contributed by atoms with Gasteiger partial charge in [-0.2, -0.15) is 0 Å². The summed E-state index contributed by atoms with van der Waals surface area (Å²) in [7, 11) is 0. The Kier molecular flexibility index (Phi) is 3.35. The molecule has 0 amide bonds. The van der Waals surface area contributed by atoms with Crippen LogP contribution in [0.1, 0.15) is 41.8 Å². The summed E-state index contributed by atoms with van der Waals surface area (Å²) in [6.07, 6.45) is 3.33. The Morgan fingerprint density at radius 1 is 0.938 bits per heavy atom. The van der Waals surface area contributed by atoms with Crippen molar-refractivity contribution in [3.8, 4) is 0 Å². The maximum Gasteiger partial charge on any atom is 0.0952 e. The van der Waals surface area contributed by atoms with E-state index in [1.165, 1.54) is 5.56 Å². The van der Waals surface area contributed by atoms with Gasteiger partial charge >= 0.3 is 0 Å². The Labute approximate surface area is 101 Å². The van der Waals surface area contributed by atoms with Crippen LogP contribution in [-0.4, -0.2) is 0 Å². The molecule has 0 aliphatic heterocycles. The molecule has 2 heteroatoms. The highest BCUT2D eigenvalue weighted by molar-refractivity contribution is 6.22. The van der Waals surface area contributed by atoms with Gasteiger partial charge in [-0.1, -0.05) is 38.1 Å². The van der Waals surface area contributed by atoms with Crippen molar-refractivity contribution in [1.29, 1.82) is 0 Å². The third-order valence-electron chi connectivity index (χ3n) is 2.73. The lowest BCUT2D eigenvalue weighted by molar-refractivity contribution is 0.564. The Balaban J connectivity index is 2.22. The Bertz CT molecular complexity index is 428. The number of halogens is 1. The highest BCUT2D eigenvalue weighted by Crippen LogP contribution is 2.29. The minimum absolute atomic E-state index is 0.125. The predicted molar refractivity (Wildman–Crippen MR) is 66.9 cm³/mol. The van der Waals surface area contributed by atoms with Crippen LogP contribution in [0.3, 0.4) is 0 Å². The van der Waals surface area contributed by atoms with Crippen LogP contribution in [-0.2, 0) is 0 Å². The molecule has 1 heterocycles. The lowest BCUT2D eigenvalue weighted by atomic mass is 9.99. The standard InChI is InChI=1S/C14H15ClO/c1-10(2)11-3-5-12(6-4-11)14(15)13-7-8-16-9-13/h3-10,14H,1-2H3. The average molecular weight is 235 g/mol. The van der Waals surface area contributed by atoms with Gasteiger partial charge in [0, 0.05) is 5.56 Å². The van der Waals surface area contributed by atoms with Crippen molar-refractivity contribution in [1.82, 2.24) is 0 Å². The van der Waals surface area contributed by atoms with Gasteiger partial charge in [-0.3, -0.25) is 0 Å². The van der Waals surface area contributed by atoms with E-state index < -0.39 is 0 Å². The highest BCUT2D eigenvalue weighted by atomic mass is 35.5. The van der Waals surface area contributed by atoms with Gasteiger partial charge in [0.2, 0.25) is 0 Å². The van der Waals surface area contributed by atoms with Crippen LogP contribution in [0.5, 0.6) is 0 Å². The van der Waals surface area contributed by atoms with Crippen molar-refractivity contribution >= 4 is 11.6 Å². The smallest absolute Gasteiger partial charge is 0.0952 e. The number of rotatable bonds is 3. The van der Waals surface area contributed by atoms with E-state index in [0.29, 0.717) is 5.92 Å². The second kappa shape index (κ2) is 4.75. The second-order valence-electron chi connectivity index (χ2n) is 4.24. The van der Waals surface area contributed by atoms with Crippen LogP contribution in [0.15, 0.2) is 47.3 Å². The first-order chi connectivity index (χ1) is 7.68. The maximum absolute atomic E-state index is 6.34. The van der Waals surface area contributed by atoms with Crippen molar-refractivity contribution in [3.63, 3.8) is 0 Å². The fourth-order valence-electron chi connectivity index (χ4n) is 1.66. The molecule has 0 aliphatic rings. The van der Waals surface area contributed by atoms with Gasteiger partial charge in [-0.05, 0) is 23.1 Å². The van der Waals surface area contributed by atoms with Crippen LogP contribution in [0.4, 0.5) is 0 Å². The maximum atomic E-state index is 6.34. The molecule has 1 aromatic heterocycles. The van der Waals surface area contributed by atoms with Crippen molar-refractivity contribution in [2.75, 3.05) is 0 Å². The van der Waals surface area contributed by atoms with Gasteiger partial charge in [0.1, 0.15) is 0 Å². The van der Waals surface area contributed by atoms with Crippen LogP contribution in [0.2, 0.25) is 0 Å². The van der Waals surface area contributed by atoms with E-state index in [1.54, 1.807) is 12.5 Å². The van der Waals surface area contributed by atoms with E-state index >= 15 is 0 Å². The van der Waals surface area contributed by atoms with Crippen LogP contribution in [0, 0.1) is 0 Å². The molecule has 1 nitrogen and oxygen atoms in total. The lowest BCUT2D eigenvalue weighted by Gasteiger charge is -2.10. The monoisotopic (exact) mass is 234 g/mol. The normalized spacial score (nSPS) is 13.0. The largest absolute Gasteiger partial charge is 0.472 e. The SMILES string of the molecule is CC(C)c1ccc(C(Cl)c2ccoc2)cc1. The van der Waals surface area contributed by atoms with Crippen LogP contribution >= 0.6 is 11.6 Å². The first-order valence-electron chi connectivity index (χ1n) is 5.44. The van der Waals surface area contributed by atoms with E-state index in [9.17, 15) is 0 Å². The van der Waals surface area contributed by atoms with E-state index in [1.807, 2.05) is 6.07 Å². The summed E-state index contributed by atoms with van der Waals surface area (Å²) < 4.78 is 5.03. The summed E-state index contributed by atoms with van der Waals surface area (Å²) in [6.45, 7) is 4.37. The van der Waals surface area contributed by atoms with Crippen molar-refractivity contribution in [2.24, 2.45) is 0 Å². The zero-order valence-electron chi connectivity index (χ0n) is 9.48. The summed E-state index contributed by atoms with van der Waals surface area (Å²) >= 11 is 6.34. The van der Waals surface area contributed by atoms with E-state index in [4.69, 9.17) is 16.0 Å². The third-order valence-corrected chi connectivity index (χ3v) is 3.24. The summed E-state index contributed by atoms with van der Waals surface area (Å²) in [6, 6.07) is 10.3. The van der Waals surface area contributed by atoms with Crippen LogP contribution in [0.25, 0.3) is 0 Å². The molecule has 0 fully saturated rings. The molecule has 84 valence electrons. The number of alkyl halides is 1. The first kappa shape index (κ1) is 11.3. The summed E-state index contributed by atoms with van der Waals surface area (Å²) in [5.74, 6) is 0.553. The van der Waals surface area contributed by atoms with Gasteiger partial charge in [0.25, 0.3) is 0 Å². The fourth-order valence-corrected chi connectivity index (χ4v) is 1.93. The summed E-state index contributed by atoms with van der Waals surface area (Å²) in [5.41, 5.74) is 3.44. The molecule has 1 atom stereocenters. The molecule has 0 bridgehead atoms. The van der Waals surface area contributed by atoms with Gasteiger partial charge in [0.05, 0.1) is 17.9 Å². The van der Waals surface area contributed by atoms with Crippen molar-refractivity contribution in [2.45, 2.75) is 25.1 Å². The molecule has 1 aromatic carbocycles. The van der Waals surface area contributed by atoms with Gasteiger partial charge in [-0.15, -0.1) is 11.6 Å². The highest BCUT2D eigenvalue weighted by Gasteiger charge is 2.11. The number of hydrogen-bond acceptors (Lipinski definition) is 1. The topological polar surface area (TPSA) is 13.1 Å². The van der Waals surface area contributed by atoms with Gasteiger partial charge < -0.3 is 4.42 Å². The number of benzene rings is 1. The summed E-state index contributed by atoms with van der Waals surface area (Å²) in [4.78, 5) is 0. The first-order valence-corrected chi connectivity index (χ1v) is 5.88. The Hall–Kier alpha value is -1.21. The van der Waals surface area contributed by atoms with Crippen molar-refractivity contribution < 1.29 is 4.42 Å². The number of hydrogen-bond donors (Lipinski definition) is 0. The van der Waals surface area contributed by atoms with E-state index in [-0.39, 0.29) is 5.38 Å². The summed E-state index contributed by atoms with van der Waals surface area (Å²) in [5, 5.41) is -0.125. The fraction of sp³-hybridized carbons (Fsp3) is 0.286. The molecule has 0 spiro atoms. The average Bonchev–Trinajstić information content (AvgIpc) is 2.81. The number of furan rings is 1. The van der Waals surface area contributed by atoms with Gasteiger partial charge in [0.15, 0.2) is 0 Å². The molecule has 0 saturated heterocycles. The third kappa shape index (κ3) is 2.30. The Morgan fingerprint density at radius 2 is 1.56 bits per heavy atom. The van der Waals surface area contributed by atoms with Crippen LogP contribution < -0.4 is 0 Å². The molecule has 16 heavy (non-hydrogen) atoms. The van der Waals surface area contributed by atoms with E-state index in [0.717, 1.165) is 11.1 Å². The minimum atomic E-state index is -0.125. The Morgan fingerprint density at radius 3 is 2.06 bits per heavy atom. The molecule has 2 aromatic rings. The second-order valence-corrected chi connectivity index (χ2v) is 4.68. The van der Waals surface area contributed by atoms with Crippen molar-refractivity contribution in [3.05, 3.63) is 59.5 Å². The molecule has 0 aliphatic carbocycles. The minimum Gasteiger partial charge on any atom is -0.472 e. The predicted octanol–water partition coefficient (Wildman–Crippen LogP) is 4.73. The molecule has 0 radical (unpaired) electrons.